The molecule has 1 aromatic heterocycles. The minimum absolute atomic E-state index is 0. The van der Waals surface area contributed by atoms with Crippen LogP contribution in [0.1, 0.15) is 12.8 Å². The van der Waals surface area contributed by atoms with E-state index in [4.69, 9.17) is 0 Å². The largest absolute Gasteiger partial charge is 0.317 e. The minimum Gasteiger partial charge on any atom is -0.317 e. The molecule has 0 atom stereocenters. The Balaban J connectivity index is 0.00000128. The normalized spacial score (nSPS) is 17.8. The molecule has 1 aliphatic rings. The van der Waals surface area contributed by atoms with Gasteiger partial charge in [-0.1, -0.05) is 0 Å². The Labute approximate surface area is 101 Å². The number of nitrogens with one attached hydrogen (secondary N) is 1. The molecule has 1 saturated heterocycles. The summed E-state index contributed by atoms with van der Waals surface area (Å²) in [6, 6.07) is 0. The zero-order valence-corrected chi connectivity index (χ0v) is 10.3. The van der Waals surface area contributed by atoms with Crippen molar-refractivity contribution in [1.29, 1.82) is 0 Å². The molecule has 0 aromatic carbocycles. The van der Waals surface area contributed by atoms with Gasteiger partial charge in [-0.25, -0.2) is 13.4 Å². The van der Waals surface area contributed by atoms with Crippen LogP contribution in [0.3, 0.4) is 0 Å². The van der Waals surface area contributed by atoms with Gasteiger partial charge < -0.3 is 5.32 Å². The van der Waals surface area contributed by atoms with Gasteiger partial charge in [0.15, 0.2) is 14.9 Å². The Kier molecular flexibility index (Phi) is 4.64. The molecule has 2 rings (SSSR count). The van der Waals surface area contributed by atoms with Crippen molar-refractivity contribution >= 4 is 22.2 Å². The molecule has 0 unspecified atom stereocenters. The molecule has 0 radical (unpaired) electrons. The molecule has 0 amide bonds. The number of nitrogens with zero attached hydrogens (tertiary/aromatic N) is 2. The summed E-state index contributed by atoms with van der Waals surface area (Å²) < 4.78 is 24.1. The summed E-state index contributed by atoms with van der Waals surface area (Å²) in [5.41, 5.74) is 0. The first-order valence-electron chi connectivity index (χ1n) is 4.92. The van der Waals surface area contributed by atoms with Crippen molar-refractivity contribution in [1.82, 2.24) is 15.3 Å². The number of piperidine rings is 1. The lowest BCUT2D eigenvalue weighted by molar-refractivity contribution is 0.494. The van der Waals surface area contributed by atoms with Gasteiger partial charge in [0, 0.05) is 12.4 Å². The van der Waals surface area contributed by atoms with Crippen LogP contribution in [-0.4, -0.2) is 36.7 Å². The van der Waals surface area contributed by atoms with Gasteiger partial charge in [0.2, 0.25) is 0 Å². The molecular weight excluding hydrogens is 250 g/mol. The van der Waals surface area contributed by atoms with Crippen molar-refractivity contribution in [3.63, 3.8) is 0 Å². The van der Waals surface area contributed by atoms with E-state index < -0.39 is 9.84 Å². The molecule has 7 heteroatoms. The summed E-state index contributed by atoms with van der Waals surface area (Å²) in [7, 11) is -3.28. The van der Waals surface area contributed by atoms with Crippen LogP contribution >= 0.6 is 12.4 Å². The number of sulfone groups is 1. The van der Waals surface area contributed by atoms with Crippen LogP contribution in [0.2, 0.25) is 0 Å². The Bertz CT molecular complexity index is 418. The molecule has 1 N–H and O–H groups in total. The topological polar surface area (TPSA) is 72.0 Å². The quantitative estimate of drug-likeness (QED) is 0.838. The molecule has 0 saturated carbocycles. The van der Waals surface area contributed by atoms with E-state index in [0.717, 1.165) is 13.1 Å². The van der Waals surface area contributed by atoms with Crippen molar-refractivity contribution in [3.05, 3.63) is 18.6 Å². The van der Waals surface area contributed by atoms with E-state index in [1.807, 2.05) is 0 Å². The monoisotopic (exact) mass is 263 g/mol. The van der Waals surface area contributed by atoms with Crippen LogP contribution in [0.15, 0.2) is 23.6 Å². The van der Waals surface area contributed by atoms with E-state index >= 15 is 0 Å². The standard InChI is InChI=1S/C9H13N3O2S.ClH/c13-15(14,8-1-3-10-4-2-8)9-7-11-5-6-12-9;/h5-8,10H,1-4H2;1H. The first-order valence-corrected chi connectivity index (χ1v) is 6.46. The molecule has 5 nitrogen and oxygen atoms in total. The Morgan fingerprint density at radius 1 is 1.25 bits per heavy atom. The van der Waals surface area contributed by atoms with Crippen LogP contribution in [0, 0.1) is 0 Å². The average molecular weight is 264 g/mol. The highest BCUT2D eigenvalue weighted by molar-refractivity contribution is 7.92. The highest BCUT2D eigenvalue weighted by atomic mass is 35.5. The third-order valence-corrected chi connectivity index (χ3v) is 4.70. The van der Waals surface area contributed by atoms with E-state index in [9.17, 15) is 8.42 Å². The molecule has 0 bridgehead atoms. The zero-order valence-electron chi connectivity index (χ0n) is 8.67. The Hall–Kier alpha value is -0.720. The van der Waals surface area contributed by atoms with Crippen LogP contribution < -0.4 is 5.32 Å². The van der Waals surface area contributed by atoms with Gasteiger partial charge in [-0.3, -0.25) is 4.98 Å². The van der Waals surface area contributed by atoms with Crippen LogP contribution in [0.4, 0.5) is 0 Å². The molecule has 1 fully saturated rings. The smallest absolute Gasteiger partial charge is 0.200 e. The van der Waals surface area contributed by atoms with Gasteiger partial charge in [0.05, 0.1) is 11.4 Å². The van der Waals surface area contributed by atoms with Crippen molar-refractivity contribution in [2.24, 2.45) is 0 Å². The van der Waals surface area contributed by atoms with Gasteiger partial charge >= 0.3 is 0 Å². The summed E-state index contributed by atoms with van der Waals surface area (Å²) in [4.78, 5) is 7.64. The summed E-state index contributed by atoms with van der Waals surface area (Å²) in [5, 5.41) is 2.92. The van der Waals surface area contributed by atoms with Gasteiger partial charge in [0.1, 0.15) is 0 Å². The van der Waals surface area contributed by atoms with Gasteiger partial charge in [0.25, 0.3) is 0 Å². The second-order valence-electron chi connectivity index (χ2n) is 3.54. The summed E-state index contributed by atoms with van der Waals surface area (Å²) in [6.07, 6.45) is 5.50. The van der Waals surface area contributed by atoms with Crippen LogP contribution in [0.25, 0.3) is 0 Å². The summed E-state index contributed by atoms with van der Waals surface area (Å²) >= 11 is 0. The number of halogens is 1. The van der Waals surface area contributed by atoms with Crippen molar-refractivity contribution in [2.75, 3.05) is 13.1 Å². The molecule has 1 aromatic rings. The molecule has 0 spiro atoms. The molecule has 0 aliphatic carbocycles. The molecule has 1 aliphatic heterocycles. The molecule has 2 heterocycles. The SMILES string of the molecule is Cl.O=S(=O)(c1cnccn1)C1CCNCC1. The summed E-state index contributed by atoms with van der Waals surface area (Å²) in [5.74, 6) is 0. The number of aromatic nitrogens is 2. The minimum atomic E-state index is -3.28. The summed E-state index contributed by atoms with van der Waals surface area (Å²) in [6.45, 7) is 1.51. The van der Waals surface area contributed by atoms with E-state index in [1.54, 1.807) is 0 Å². The van der Waals surface area contributed by atoms with Gasteiger partial charge in [-0.15, -0.1) is 12.4 Å². The molecular formula is C9H14ClN3O2S. The van der Waals surface area contributed by atoms with Crippen molar-refractivity contribution in [3.8, 4) is 0 Å². The van der Waals surface area contributed by atoms with E-state index in [0.29, 0.717) is 12.8 Å². The predicted molar refractivity (Wildman–Crippen MR) is 62.4 cm³/mol. The van der Waals surface area contributed by atoms with Crippen LogP contribution in [0.5, 0.6) is 0 Å². The van der Waals surface area contributed by atoms with Crippen molar-refractivity contribution in [2.45, 2.75) is 23.1 Å². The number of hydrogen-bond donors (Lipinski definition) is 1. The number of hydrogen-bond acceptors (Lipinski definition) is 5. The predicted octanol–water partition coefficient (Wildman–Crippen LogP) is 0.424. The fourth-order valence-corrected chi connectivity index (χ4v) is 3.32. The maximum Gasteiger partial charge on any atom is 0.200 e. The molecule has 90 valence electrons. The highest BCUT2D eigenvalue weighted by Crippen LogP contribution is 2.19. The van der Waals surface area contributed by atoms with Gasteiger partial charge in [-0.05, 0) is 25.9 Å². The van der Waals surface area contributed by atoms with Crippen LogP contribution in [-0.2, 0) is 9.84 Å². The zero-order chi connectivity index (χ0) is 10.7. The van der Waals surface area contributed by atoms with E-state index in [-0.39, 0.29) is 22.7 Å². The fourth-order valence-electron chi connectivity index (χ4n) is 1.71. The fraction of sp³-hybridized carbons (Fsp3) is 0.556. The third kappa shape index (κ3) is 2.69. The van der Waals surface area contributed by atoms with Crippen molar-refractivity contribution < 1.29 is 8.42 Å². The lowest BCUT2D eigenvalue weighted by Gasteiger charge is -2.21. The maximum absolute atomic E-state index is 12.1. The average Bonchev–Trinajstić information content (AvgIpc) is 2.31. The molecule has 16 heavy (non-hydrogen) atoms. The highest BCUT2D eigenvalue weighted by Gasteiger charge is 2.29. The third-order valence-electron chi connectivity index (χ3n) is 2.56. The van der Waals surface area contributed by atoms with Gasteiger partial charge in [-0.2, -0.15) is 0 Å². The second kappa shape index (κ2) is 5.56. The Morgan fingerprint density at radius 3 is 2.50 bits per heavy atom. The Morgan fingerprint density at radius 2 is 1.94 bits per heavy atom. The van der Waals surface area contributed by atoms with E-state index in [1.165, 1.54) is 18.6 Å². The lowest BCUT2D eigenvalue weighted by atomic mass is 10.2. The number of rotatable bonds is 2. The first kappa shape index (κ1) is 13.3. The maximum atomic E-state index is 12.1. The second-order valence-corrected chi connectivity index (χ2v) is 5.71. The first-order chi connectivity index (χ1) is 7.21. The lowest BCUT2D eigenvalue weighted by Crippen LogP contribution is -2.36. The van der Waals surface area contributed by atoms with E-state index in [2.05, 4.69) is 15.3 Å².